The minimum Gasteiger partial charge on any atom is -0.324 e. The number of methoxy groups -OCH3 is 1. The first kappa shape index (κ1) is 18.3. The average Bonchev–Trinajstić information content (AvgIpc) is 3.10. The average molecular weight is 332 g/mol. The van der Waals surface area contributed by atoms with Gasteiger partial charge in [0.2, 0.25) is 0 Å². The van der Waals surface area contributed by atoms with Crippen molar-refractivity contribution in [3.05, 3.63) is 53.9 Å². The minimum absolute atomic E-state index is 0.113. The molecule has 0 unspecified atom stereocenters. The van der Waals surface area contributed by atoms with E-state index in [2.05, 4.69) is 5.10 Å². The number of carbonyl (C=O) groups is 1. The van der Waals surface area contributed by atoms with Gasteiger partial charge in [-0.25, -0.2) is 0 Å². The van der Waals surface area contributed by atoms with Crippen LogP contribution in [0.4, 0.5) is 0 Å². The molecule has 0 aliphatic heterocycles. The molecule has 0 radical (unpaired) electrons. The second-order valence-electron chi connectivity index (χ2n) is 5.20. The molecule has 0 aliphatic rings. The normalized spacial score (nSPS) is 13.0. The van der Waals surface area contributed by atoms with Crippen molar-refractivity contribution in [1.29, 1.82) is 0 Å². The Balaban J connectivity index is 2.39. The van der Waals surface area contributed by atoms with Gasteiger partial charge in [0.05, 0.1) is 19.3 Å². The summed E-state index contributed by atoms with van der Waals surface area (Å²) in [4.78, 5) is 13.1. The van der Waals surface area contributed by atoms with E-state index in [4.69, 9.17) is 14.2 Å². The van der Waals surface area contributed by atoms with E-state index in [1.165, 1.54) is 7.11 Å². The van der Waals surface area contributed by atoms with Crippen LogP contribution in [0.1, 0.15) is 42.9 Å². The fourth-order valence-corrected chi connectivity index (χ4v) is 2.60. The lowest BCUT2D eigenvalue weighted by molar-refractivity contribution is -0.330. The number of benzene rings is 1. The van der Waals surface area contributed by atoms with Crippen LogP contribution in [0.15, 0.2) is 42.6 Å². The number of ether oxygens (including phenoxy) is 3. The molecule has 1 aromatic carbocycles. The first-order chi connectivity index (χ1) is 11.6. The number of aromatic nitrogens is 2. The van der Waals surface area contributed by atoms with Crippen LogP contribution in [0.3, 0.4) is 0 Å². The van der Waals surface area contributed by atoms with E-state index in [1.807, 2.05) is 37.3 Å². The molecule has 0 saturated carbocycles. The summed E-state index contributed by atoms with van der Waals surface area (Å²) >= 11 is 0. The third-order valence-corrected chi connectivity index (χ3v) is 3.77. The van der Waals surface area contributed by atoms with Crippen molar-refractivity contribution < 1.29 is 19.0 Å². The molecule has 24 heavy (non-hydrogen) atoms. The van der Waals surface area contributed by atoms with Gasteiger partial charge in [-0.3, -0.25) is 9.48 Å². The lowest BCUT2D eigenvalue weighted by Crippen LogP contribution is -2.47. The second-order valence-corrected chi connectivity index (χ2v) is 5.20. The van der Waals surface area contributed by atoms with Gasteiger partial charge in [-0.1, -0.05) is 30.3 Å². The van der Waals surface area contributed by atoms with Crippen LogP contribution in [-0.2, 0) is 14.2 Å². The molecule has 1 atom stereocenters. The van der Waals surface area contributed by atoms with E-state index >= 15 is 0 Å². The zero-order valence-corrected chi connectivity index (χ0v) is 14.6. The van der Waals surface area contributed by atoms with Gasteiger partial charge in [-0.15, -0.1) is 0 Å². The Labute approximate surface area is 142 Å². The summed E-state index contributed by atoms with van der Waals surface area (Å²) in [6.07, 6.45) is 1.59. The number of ketones is 1. The minimum atomic E-state index is -1.75. The van der Waals surface area contributed by atoms with Gasteiger partial charge in [0, 0.05) is 13.3 Å². The molecule has 1 heterocycles. The summed E-state index contributed by atoms with van der Waals surface area (Å²) < 4.78 is 18.0. The van der Waals surface area contributed by atoms with Crippen molar-refractivity contribution in [2.75, 3.05) is 20.3 Å². The molecule has 0 fully saturated rings. The highest BCUT2D eigenvalue weighted by atomic mass is 16.9. The highest BCUT2D eigenvalue weighted by molar-refractivity contribution is 5.99. The maximum absolute atomic E-state index is 13.1. The molecule has 0 amide bonds. The van der Waals surface area contributed by atoms with Crippen LogP contribution in [0.25, 0.3) is 0 Å². The maximum Gasteiger partial charge on any atom is 0.352 e. The van der Waals surface area contributed by atoms with Gasteiger partial charge in [0.15, 0.2) is 0 Å². The van der Waals surface area contributed by atoms with Crippen LogP contribution < -0.4 is 0 Å². The first-order valence-electron chi connectivity index (χ1n) is 8.06. The number of carbonyl (C=O) groups excluding carboxylic acids is 1. The molecule has 1 aromatic heterocycles. The molecule has 0 saturated heterocycles. The number of nitrogens with zero attached hydrogens (tertiary/aromatic N) is 2. The zero-order chi connectivity index (χ0) is 17.6. The fourth-order valence-electron chi connectivity index (χ4n) is 2.60. The summed E-state index contributed by atoms with van der Waals surface area (Å²) in [6.45, 7) is 6.10. The van der Waals surface area contributed by atoms with Crippen LogP contribution in [0, 0.1) is 0 Å². The van der Waals surface area contributed by atoms with Gasteiger partial charge >= 0.3 is 5.97 Å². The van der Waals surface area contributed by atoms with Crippen molar-refractivity contribution in [3.8, 4) is 0 Å². The third kappa shape index (κ3) is 3.56. The van der Waals surface area contributed by atoms with Crippen molar-refractivity contribution in [2.45, 2.75) is 32.8 Å². The van der Waals surface area contributed by atoms with Crippen molar-refractivity contribution in [3.63, 3.8) is 0 Å². The summed E-state index contributed by atoms with van der Waals surface area (Å²) in [7, 11) is 1.39. The van der Waals surface area contributed by atoms with Crippen LogP contribution in [0.2, 0.25) is 0 Å². The Bertz CT molecular complexity index is 648. The van der Waals surface area contributed by atoms with Crippen LogP contribution in [-0.4, -0.2) is 41.9 Å². The Hall–Kier alpha value is -2.02. The molecule has 0 bridgehead atoms. The van der Waals surface area contributed by atoms with Crippen molar-refractivity contribution >= 4 is 5.78 Å². The highest BCUT2D eigenvalue weighted by Gasteiger charge is 2.43. The van der Waals surface area contributed by atoms with E-state index in [-0.39, 0.29) is 19.3 Å². The number of hydrogen-bond acceptors (Lipinski definition) is 5. The van der Waals surface area contributed by atoms with Crippen molar-refractivity contribution in [1.82, 2.24) is 9.78 Å². The van der Waals surface area contributed by atoms with E-state index in [0.717, 1.165) is 5.56 Å². The van der Waals surface area contributed by atoms with Crippen molar-refractivity contribution in [2.24, 2.45) is 0 Å². The predicted octanol–water partition coefficient (Wildman–Crippen LogP) is 3.05. The predicted molar refractivity (Wildman–Crippen MR) is 89.8 cm³/mol. The van der Waals surface area contributed by atoms with Gasteiger partial charge in [-0.2, -0.15) is 5.10 Å². The van der Waals surface area contributed by atoms with E-state index in [9.17, 15) is 4.79 Å². The maximum atomic E-state index is 13.1. The van der Waals surface area contributed by atoms with Gasteiger partial charge < -0.3 is 14.2 Å². The van der Waals surface area contributed by atoms with Crippen LogP contribution in [0.5, 0.6) is 0 Å². The third-order valence-electron chi connectivity index (χ3n) is 3.77. The van der Waals surface area contributed by atoms with Gasteiger partial charge in [-0.05, 0) is 32.4 Å². The van der Waals surface area contributed by atoms with E-state index < -0.39 is 11.8 Å². The molecule has 6 nitrogen and oxygen atoms in total. The lowest BCUT2D eigenvalue weighted by Gasteiger charge is -2.29. The number of rotatable bonds is 9. The monoisotopic (exact) mass is 332 g/mol. The Morgan fingerprint density at radius 1 is 1.17 bits per heavy atom. The Kier molecular flexibility index (Phi) is 6.25. The quantitative estimate of drug-likeness (QED) is 0.522. The topological polar surface area (TPSA) is 62.6 Å². The highest BCUT2D eigenvalue weighted by Crippen LogP contribution is 2.25. The molecule has 0 aliphatic carbocycles. The fraction of sp³-hybridized carbons (Fsp3) is 0.444. The van der Waals surface area contributed by atoms with E-state index in [1.54, 1.807) is 30.8 Å². The van der Waals surface area contributed by atoms with E-state index in [0.29, 0.717) is 5.69 Å². The molecule has 0 spiro atoms. The molecular formula is C18H24N2O4. The lowest BCUT2D eigenvalue weighted by atomic mass is 10.1. The Morgan fingerprint density at radius 2 is 1.79 bits per heavy atom. The SMILES string of the molecule is CCOC(OC)(OCC)C(=O)c1ccnn1[C@H](C)c1ccccc1. The molecule has 130 valence electrons. The number of Topliss-reactive ketones (excluding diaryl/α,β-unsaturated/α-hetero) is 1. The molecular weight excluding hydrogens is 308 g/mol. The summed E-state index contributed by atoms with van der Waals surface area (Å²) in [5.41, 5.74) is 1.42. The van der Waals surface area contributed by atoms with Crippen LogP contribution >= 0.6 is 0 Å². The molecule has 2 rings (SSSR count). The first-order valence-corrected chi connectivity index (χ1v) is 8.06. The second kappa shape index (κ2) is 8.19. The smallest absolute Gasteiger partial charge is 0.324 e. The zero-order valence-electron chi connectivity index (χ0n) is 14.6. The molecule has 0 N–H and O–H groups in total. The Morgan fingerprint density at radius 3 is 2.33 bits per heavy atom. The standard InChI is InChI=1S/C18H24N2O4/c1-5-23-18(22-4,24-6-2)17(21)16-12-13-19-20(16)14(3)15-10-8-7-9-11-15/h7-14H,5-6H2,1-4H3/t14-/m1/s1. The summed E-state index contributed by atoms with van der Waals surface area (Å²) in [6, 6.07) is 11.4. The molecule has 2 aromatic rings. The summed E-state index contributed by atoms with van der Waals surface area (Å²) in [5.74, 6) is -2.16. The molecule has 6 heteroatoms. The van der Waals surface area contributed by atoms with Gasteiger partial charge in [0.1, 0.15) is 5.69 Å². The number of hydrogen-bond donors (Lipinski definition) is 0. The van der Waals surface area contributed by atoms with Gasteiger partial charge in [0.25, 0.3) is 5.78 Å². The largest absolute Gasteiger partial charge is 0.352 e. The summed E-state index contributed by atoms with van der Waals surface area (Å²) in [5, 5.41) is 4.31.